The van der Waals surface area contributed by atoms with Crippen molar-refractivity contribution >= 4 is 34.7 Å². The summed E-state index contributed by atoms with van der Waals surface area (Å²) in [5, 5.41) is -0.259. The Morgan fingerprint density at radius 2 is 1.54 bits per heavy atom. The first-order valence-corrected chi connectivity index (χ1v) is 8.61. The zero-order valence-electron chi connectivity index (χ0n) is 13.9. The van der Waals surface area contributed by atoms with Gasteiger partial charge < -0.3 is 0 Å². The molecule has 4 heteroatoms. The molecule has 3 rings (SSSR count). The Hall–Kier alpha value is -2.33. The van der Waals surface area contributed by atoms with Crippen LogP contribution in [0.1, 0.15) is 31.9 Å². The fourth-order valence-electron chi connectivity index (χ4n) is 2.50. The summed E-state index contributed by atoms with van der Waals surface area (Å²) in [5.41, 5.74) is 2.72. The van der Waals surface area contributed by atoms with Gasteiger partial charge in [-0.1, -0.05) is 63.2 Å². The van der Waals surface area contributed by atoms with Gasteiger partial charge in [0.2, 0.25) is 0 Å². The van der Waals surface area contributed by atoms with E-state index >= 15 is 0 Å². The third-order valence-corrected chi connectivity index (χ3v) is 4.75. The maximum Gasteiger partial charge on any atom is 0.298 e. The van der Waals surface area contributed by atoms with E-state index in [0.29, 0.717) is 10.6 Å². The quantitative estimate of drug-likeness (QED) is 0.705. The fraction of sp³-hybridized carbons (Fsp3) is 0.200. The van der Waals surface area contributed by atoms with Crippen LogP contribution in [0.3, 0.4) is 0 Å². The number of benzene rings is 2. The predicted molar refractivity (Wildman–Crippen MR) is 100 cm³/mol. The smallest absolute Gasteiger partial charge is 0.268 e. The van der Waals surface area contributed by atoms with Crippen LogP contribution in [-0.2, 0) is 10.2 Å². The van der Waals surface area contributed by atoms with E-state index in [-0.39, 0.29) is 16.6 Å². The third-order valence-electron chi connectivity index (χ3n) is 3.88. The normalized spacial score (nSPS) is 17.0. The Morgan fingerprint density at radius 1 is 0.917 bits per heavy atom. The lowest BCUT2D eigenvalue weighted by Crippen LogP contribution is -2.27. The number of amides is 2. The van der Waals surface area contributed by atoms with Crippen LogP contribution in [-0.4, -0.2) is 11.1 Å². The number of carbonyl (C=O) groups excluding carboxylic acids is 2. The van der Waals surface area contributed by atoms with Crippen LogP contribution in [0.5, 0.6) is 0 Å². The molecule has 24 heavy (non-hydrogen) atoms. The first-order chi connectivity index (χ1) is 11.4. The van der Waals surface area contributed by atoms with E-state index < -0.39 is 0 Å². The number of nitrogens with zero attached hydrogens (tertiary/aromatic N) is 1. The molecule has 2 amide bonds. The van der Waals surface area contributed by atoms with E-state index in [1.165, 1.54) is 4.90 Å². The van der Waals surface area contributed by atoms with Crippen LogP contribution in [0.15, 0.2) is 59.5 Å². The molecule has 1 fully saturated rings. The maximum absolute atomic E-state index is 12.6. The summed E-state index contributed by atoms with van der Waals surface area (Å²) < 4.78 is 0. The van der Waals surface area contributed by atoms with Gasteiger partial charge in [-0.15, -0.1) is 0 Å². The Morgan fingerprint density at radius 3 is 2.12 bits per heavy atom. The van der Waals surface area contributed by atoms with Crippen LogP contribution < -0.4 is 4.90 Å². The molecule has 1 aliphatic heterocycles. The summed E-state index contributed by atoms with van der Waals surface area (Å²) in [6, 6.07) is 17.2. The highest BCUT2D eigenvalue weighted by atomic mass is 32.2. The van der Waals surface area contributed by atoms with Crippen LogP contribution in [0.25, 0.3) is 6.08 Å². The molecule has 1 saturated heterocycles. The lowest BCUT2D eigenvalue weighted by Gasteiger charge is -2.20. The molecule has 0 bridgehead atoms. The number of hydrogen-bond donors (Lipinski definition) is 0. The van der Waals surface area contributed by atoms with Crippen molar-refractivity contribution in [2.24, 2.45) is 0 Å². The van der Waals surface area contributed by atoms with E-state index in [1.54, 1.807) is 6.08 Å². The topological polar surface area (TPSA) is 37.4 Å². The minimum Gasteiger partial charge on any atom is -0.268 e. The Bertz CT molecular complexity index is 802. The molecule has 2 aromatic carbocycles. The number of imide groups is 1. The second-order valence-electron chi connectivity index (χ2n) is 6.72. The molecular weight excluding hydrogens is 318 g/mol. The maximum atomic E-state index is 12.6. The van der Waals surface area contributed by atoms with Gasteiger partial charge >= 0.3 is 0 Å². The van der Waals surface area contributed by atoms with Gasteiger partial charge in [0.05, 0.1) is 10.6 Å². The first kappa shape index (κ1) is 16.5. The molecule has 0 N–H and O–H groups in total. The molecule has 2 aromatic rings. The van der Waals surface area contributed by atoms with Crippen molar-refractivity contribution in [3.8, 4) is 0 Å². The minimum absolute atomic E-state index is 0.0324. The first-order valence-electron chi connectivity index (χ1n) is 7.80. The third kappa shape index (κ3) is 3.29. The number of anilines is 1. The van der Waals surface area contributed by atoms with Crippen LogP contribution in [0, 0.1) is 0 Å². The molecule has 0 radical (unpaired) electrons. The minimum atomic E-state index is -0.266. The molecule has 0 unspecified atom stereocenters. The molecule has 0 aliphatic carbocycles. The highest BCUT2D eigenvalue weighted by Crippen LogP contribution is 2.36. The van der Waals surface area contributed by atoms with Gasteiger partial charge in [0.25, 0.3) is 11.1 Å². The highest BCUT2D eigenvalue weighted by Gasteiger charge is 2.36. The summed E-state index contributed by atoms with van der Waals surface area (Å²) in [4.78, 5) is 26.6. The summed E-state index contributed by atoms with van der Waals surface area (Å²) >= 11 is 0.980. The number of rotatable bonds is 2. The van der Waals surface area contributed by atoms with Crippen molar-refractivity contribution in [3.63, 3.8) is 0 Å². The molecule has 0 aromatic heterocycles. The van der Waals surface area contributed by atoms with Crippen LogP contribution >= 0.6 is 11.8 Å². The zero-order chi connectivity index (χ0) is 17.3. The molecule has 1 heterocycles. The summed E-state index contributed by atoms with van der Waals surface area (Å²) in [7, 11) is 0. The summed E-state index contributed by atoms with van der Waals surface area (Å²) in [6.07, 6.45) is 1.76. The van der Waals surface area contributed by atoms with Gasteiger partial charge in [-0.25, -0.2) is 4.90 Å². The van der Waals surface area contributed by atoms with Gasteiger partial charge in [-0.3, -0.25) is 9.59 Å². The average Bonchev–Trinajstić information content (AvgIpc) is 2.82. The van der Waals surface area contributed by atoms with E-state index in [0.717, 1.165) is 22.9 Å². The highest BCUT2D eigenvalue weighted by molar-refractivity contribution is 8.19. The number of carbonyl (C=O) groups is 2. The SMILES string of the molecule is CC(C)(C)c1ccc(N2C(=O)SC(=Cc3ccccc3)C2=O)cc1. The molecule has 0 saturated carbocycles. The lowest BCUT2D eigenvalue weighted by atomic mass is 9.87. The van der Waals surface area contributed by atoms with Gasteiger partial charge in [0.15, 0.2) is 0 Å². The van der Waals surface area contributed by atoms with Crippen molar-refractivity contribution in [1.82, 2.24) is 0 Å². The molecular formula is C20H19NO2S. The summed E-state index contributed by atoms with van der Waals surface area (Å²) in [6.45, 7) is 6.39. The van der Waals surface area contributed by atoms with E-state index in [4.69, 9.17) is 0 Å². The second-order valence-corrected chi connectivity index (χ2v) is 7.72. The predicted octanol–water partition coefficient (Wildman–Crippen LogP) is 5.23. The van der Waals surface area contributed by atoms with Gasteiger partial charge in [0, 0.05) is 0 Å². The molecule has 122 valence electrons. The Balaban J connectivity index is 1.88. The Labute approximate surface area is 146 Å². The van der Waals surface area contributed by atoms with Crippen molar-refractivity contribution in [1.29, 1.82) is 0 Å². The number of thioether (sulfide) groups is 1. The number of hydrogen-bond acceptors (Lipinski definition) is 3. The van der Waals surface area contributed by atoms with Crippen molar-refractivity contribution < 1.29 is 9.59 Å². The largest absolute Gasteiger partial charge is 0.298 e. The molecule has 3 nitrogen and oxygen atoms in total. The standard InChI is InChI=1S/C20H19NO2S/c1-20(2,3)15-9-11-16(12-10-15)21-18(22)17(24-19(21)23)13-14-7-5-4-6-8-14/h4-13H,1-3H3. The average molecular weight is 337 g/mol. The zero-order valence-corrected chi connectivity index (χ0v) is 14.8. The molecule has 0 atom stereocenters. The van der Waals surface area contributed by atoms with Gasteiger partial charge in [-0.05, 0) is 46.5 Å². The van der Waals surface area contributed by atoms with Gasteiger partial charge in [0.1, 0.15) is 0 Å². The van der Waals surface area contributed by atoms with Crippen LogP contribution in [0.2, 0.25) is 0 Å². The van der Waals surface area contributed by atoms with E-state index in [2.05, 4.69) is 20.8 Å². The van der Waals surface area contributed by atoms with E-state index in [9.17, 15) is 9.59 Å². The summed E-state index contributed by atoms with van der Waals surface area (Å²) in [5.74, 6) is -0.266. The molecule has 1 aliphatic rings. The van der Waals surface area contributed by atoms with Crippen molar-refractivity contribution in [2.75, 3.05) is 4.90 Å². The molecule has 0 spiro atoms. The monoisotopic (exact) mass is 337 g/mol. The Kier molecular flexibility index (Phi) is 4.33. The van der Waals surface area contributed by atoms with Crippen molar-refractivity contribution in [3.05, 3.63) is 70.6 Å². The van der Waals surface area contributed by atoms with Gasteiger partial charge in [-0.2, -0.15) is 0 Å². The fourth-order valence-corrected chi connectivity index (χ4v) is 3.34. The lowest BCUT2D eigenvalue weighted by molar-refractivity contribution is -0.113. The van der Waals surface area contributed by atoms with Crippen LogP contribution in [0.4, 0.5) is 10.5 Å². The van der Waals surface area contributed by atoms with E-state index in [1.807, 2.05) is 54.6 Å². The van der Waals surface area contributed by atoms with Crippen molar-refractivity contribution in [2.45, 2.75) is 26.2 Å². The second kappa shape index (κ2) is 6.29.